The van der Waals surface area contributed by atoms with Crippen molar-refractivity contribution in [2.75, 3.05) is 20.1 Å². The van der Waals surface area contributed by atoms with Crippen molar-refractivity contribution in [1.82, 2.24) is 14.5 Å². The molecule has 2 atom stereocenters. The van der Waals surface area contributed by atoms with Crippen LogP contribution in [-0.2, 0) is 11.3 Å². The zero-order valence-corrected chi connectivity index (χ0v) is 13.1. The monoisotopic (exact) mass is 293 g/mol. The highest BCUT2D eigenvalue weighted by Gasteiger charge is 2.25. The Morgan fingerprint density at radius 2 is 2.14 bits per heavy atom. The van der Waals surface area contributed by atoms with E-state index in [1.54, 1.807) is 18.4 Å². The highest BCUT2D eigenvalue weighted by molar-refractivity contribution is 5.76. The molecule has 1 aliphatic heterocycles. The number of aliphatic carboxylic acids is 1. The summed E-state index contributed by atoms with van der Waals surface area (Å²) in [6.07, 6.45) is 1.06. The predicted molar refractivity (Wildman–Crippen MR) is 79.6 cm³/mol. The number of carbonyl (C=O) groups is 1. The van der Waals surface area contributed by atoms with E-state index < -0.39 is 11.9 Å². The first-order valence-corrected chi connectivity index (χ1v) is 7.30. The van der Waals surface area contributed by atoms with Crippen LogP contribution in [0.1, 0.15) is 36.2 Å². The summed E-state index contributed by atoms with van der Waals surface area (Å²) in [4.78, 5) is 29.7. The molecule has 6 nitrogen and oxygen atoms in total. The second-order valence-corrected chi connectivity index (χ2v) is 6.07. The first-order chi connectivity index (χ1) is 9.81. The summed E-state index contributed by atoms with van der Waals surface area (Å²) in [7, 11) is 2.07. The SMILES string of the molecule is Cc1nc(=O)n(CC2CCN(C)C2)c(C)c1C(C)C(=O)O. The lowest BCUT2D eigenvalue weighted by Gasteiger charge is -2.20. The van der Waals surface area contributed by atoms with Gasteiger partial charge in [0.15, 0.2) is 0 Å². The average Bonchev–Trinajstić information content (AvgIpc) is 2.79. The maximum Gasteiger partial charge on any atom is 0.347 e. The molecule has 0 spiro atoms. The lowest BCUT2D eigenvalue weighted by Crippen LogP contribution is -2.32. The molecule has 0 aliphatic carbocycles. The normalized spacial score (nSPS) is 20.7. The predicted octanol–water partition coefficient (Wildman–Crippen LogP) is 1.000. The number of carboxylic acid groups (broad SMARTS) is 1. The molecule has 21 heavy (non-hydrogen) atoms. The van der Waals surface area contributed by atoms with Crippen molar-refractivity contribution in [2.45, 2.75) is 39.7 Å². The van der Waals surface area contributed by atoms with Crippen LogP contribution in [0.5, 0.6) is 0 Å². The Morgan fingerprint density at radius 3 is 2.67 bits per heavy atom. The molecule has 1 aromatic rings. The second-order valence-electron chi connectivity index (χ2n) is 6.07. The number of aromatic nitrogens is 2. The number of rotatable bonds is 4. The minimum atomic E-state index is -0.895. The molecule has 6 heteroatoms. The van der Waals surface area contributed by atoms with E-state index in [0.29, 0.717) is 23.7 Å². The number of likely N-dealkylation sites (tertiary alicyclic amines) is 1. The van der Waals surface area contributed by atoms with Crippen LogP contribution in [0.4, 0.5) is 0 Å². The standard InChI is InChI=1S/C15H23N3O3/c1-9(14(19)20)13-10(2)16-15(21)18(11(13)3)8-12-5-6-17(4)7-12/h9,12H,5-8H2,1-4H3,(H,19,20). The number of hydrogen-bond acceptors (Lipinski definition) is 4. The lowest BCUT2D eigenvalue weighted by molar-refractivity contribution is -0.138. The summed E-state index contributed by atoms with van der Waals surface area (Å²) >= 11 is 0. The Hall–Kier alpha value is -1.69. The summed E-state index contributed by atoms with van der Waals surface area (Å²) in [6, 6.07) is 0. The third kappa shape index (κ3) is 3.15. The van der Waals surface area contributed by atoms with Crippen LogP contribution in [0.25, 0.3) is 0 Å². The quantitative estimate of drug-likeness (QED) is 0.896. The minimum Gasteiger partial charge on any atom is -0.481 e. The number of aryl methyl sites for hydroxylation is 1. The first kappa shape index (κ1) is 15.7. The van der Waals surface area contributed by atoms with Crippen LogP contribution in [0, 0.1) is 19.8 Å². The van der Waals surface area contributed by atoms with E-state index in [2.05, 4.69) is 16.9 Å². The number of hydrogen-bond donors (Lipinski definition) is 1. The average molecular weight is 293 g/mol. The molecule has 2 heterocycles. The smallest absolute Gasteiger partial charge is 0.347 e. The number of nitrogens with zero attached hydrogens (tertiary/aromatic N) is 3. The van der Waals surface area contributed by atoms with Crippen LogP contribution in [0.15, 0.2) is 4.79 Å². The van der Waals surface area contributed by atoms with Gasteiger partial charge in [-0.25, -0.2) is 4.79 Å². The Balaban J connectivity index is 2.39. The third-order valence-corrected chi connectivity index (χ3v) is 4.41. The van der Waals surface area contributed by atoms with Crippen molar-refractivity contribution < 1.29 is 9.90 Å². The molecule has 0 bridgehead atoms. The highest BCUT2D eigenvalue weighted by atomic mass is 16.4. The molecule has 2 rings (SSSR count). The van der Waals surface area contributed by atoms with Gasteiger partial charge in [0.1, 0.15) is 0 Å². The summed E-state index contributed by atoms with van der Waals surface area (Å²) in [6.45, 7) is 7.78. The van der Waals surface area contributed by atoms with Gasteiger partial charge in [0.25, 0.3) is 0 Å². The van der Waals surface area contributed by atoms with Gasteiger partial charge in [-0.2, -0.15) is 4.98 Å². The van der Waals surface area contributed by atoms with Crippen molar-refractivity contribution in [3.63, 3.8) is 0 Å². The zero-order valence-electron chi connectivity index (χ0n) is 13.1. The summed E-state index contributed by atoms with van der Waals surface area (Å²) in [5.41, 5.74) is 1.64. The Bertz CT molecular complexity index is 609. The third-order valence-electron chi connectivity index (χ3n) is 4.41. The van der Waals surface area contributed by atoms with Crippen LogP contribution < -0.4 is 5.69 Å². The van der Waals surface area contributed by atoms with E-state index >= 15 is 0 Å². The van der Waals surface area contributed by atoms with Crippen LogP contribution in [0.2, 0.25) is 0 Å². The molecule has 0 amide bonds. The molecule has 0 aromatic carbocycles. The van der Waals surface area contributed by atoms with Crippen molar-refractivity contribution in [1.29, 1.82) is 0 Å². The van der Waals surface area contributed by atoms with Crippen molar-refractivity contribution >= 4 is 5.97 Å². The van der Waals surface area contributed by atoms with E-state index in [0.717, 1.165) is 25.2 Å². The van der Waals surface area contributed by atoms with E-state index in [-0.39, 0.29) is 5.69 Å². The Labute approximate surface area is 124 Å². The summed E-state index contributed by atoms with van der Waals surface area (Å²) < 4.78 is 1.64. The molecule has 116 valence electrons. The highest BCUT2D eigenvalue weighted by Crippen LogP contribution is 2.23. The Kier molecular flexibility index (Phi) is 4.46. The van der Waals surface area contributed by atoms with E-state index in [4.69, 9.17) is 0 Å². The van der Waals surface area contributed by atoms with Crippen LogP contribution >= 0.6 is 0 Å². The maximum absolute atomic E-state index is 12.2. The fourth-order valence-electron chi connectivity index (χ4n) is 3.21. The molecule has 1 N–H and O–H groups in total. The topological polar surface area (TPSA) is 75.4 Å². The maximum atomic E-state index is 12.2. The second kappa shape index (κ2) is 5.97. The fraction of sp³-hybridized carbons (Fsp3) is 0.667. The number of carboxylic acids is 1. The van der Waals surface area contributed by atoms with Crippen molar-refractivity contribution in [2.24, 2.45) is 5.92 Å². The summed E-state index contributed by atoms with van der Waals surface area (Å²) in [5, 5.41) is 9.24. The van der Waals surface area contributed by atoms with Gasteiger partial charge in [-0.15, -0.1) is 0 Å². The van der Waals surface area contributed by atoms with E-state index in [1.165, 1.54) is 0 Å². The molecular weight excluding hydrogens is 270 g/mol. The van der Waals surface area contributed by atoms with Gasteiger partial charge in [0.2, 0.25) is 0 Å². The van der Waals surface area contributed by atoms with Gasteiger partial charge in [-0.05, 0) is 46.7 Å². The lowest BCUT2D eigenvalue weighted by atomic mass is 9.97. The van der Waals surface area contributed by atoms with Gasteiger partial charge in [-0.3, -0.25) is 9.36 Å². The molecule has 1 fully saturated rings. The first-order valence-electron chi connectivity index (χ1n) is 7.30. The van der Waals surface area contributed by atoms with Crippen LogP contribution in [0.3, 0.4) is 0 Å². The zero-order chi connectivity index (χ0) is 15.7. The Morgan fingerprint density at radius 1 is 1.48 bits per heavy atom. The van der Waals surface area contributed by atoms with Gasteiger partial charge in [0.05, 0.1) is 5.92 Å². The van der Waals surface area contributed by atoms with Gasteiger partial charge < -0.3 is 10.0 Å². The molecule has 2 unspecified atom stereocenters. The molecule has 0 saturated carbocycles. The molecule has 0 radical (unpaired) electrons. The molecule has 1 saturated heterocycles. The van der Waals surface area contributed by atoms with E-state index in [9.17, 15) is 14.7 Å². The van der Waals surface area contributed by atoms with E-state index in [1.807, 2.05) is 6.92 Å². The van der Waals surface area contributed by atoms with Gasteiger partial charge in [0, 0.05) is 30.0 Å². The van der Waals surface area contributed by atoms with Crippen molar-refractivity contribution in [3.05, 3.63) is 27.4 Å². The molecule has 1 aromatic heterocycles. The van der Waals surface area contributed by atoms with Crippen LogP contribution in [-0.4, -0.2) is 45.7 Å². The van der Waals surface area contributed by atoms with Crippen molar-refractivity contribution in [3.8, 4) is 0 Å². The summed E-state index contributed by atoms with van der Waals surface area (Å²) in [5.74, 6) is -1.13. The van der Waals surface area contributed by atoms with Gasteiger partial charge >= 0.3 is 11.7 Å². The largest absolute Gasteiger partial charge is 0.481 e. The molecule has 1 aliphatic rings. The van der Waals surface area contributed by atoms with Gasteiger partial charge in [-0.1, -0.05) is 0 Å². The minimum absolute atomic E-state index is 0.277. The molecular formula is C15H23N3O3. The fourth-order valence-corrected chi connectivity index (χ4v) is 3.21.